The van der Waals surface area contributed by atoms with Crippen LogP contribution < -0.4 is 10.2 Å². The lowest BCUT2D eigenvalue weighted by molar-refractivity contribution is -0.138. The van der Waals surface area contributed by atoms with Gasteiger partial charge in [-0.3, -0.25) is 4.79 Å². The number of carbonyl (C=O) groups excluding carboxylic acids is 1. The molecule has 1 N–H and O–H groups in total. The van der Waals surface area contributed by atoms with Crippen LogP contribution in [0, 0.1) is 5.82 Å². The Bertz CT molecular complexity index is 646. The Labute approximate surface area is 116 Å². The summed E-state index contributed by atoms with van der Waals surface area (Å²) in [6, 6.07) is 4.49. The number of fused-ring (bicyclic) bond motifs is 1. The first-order valence-corrected chi connectivity index (χ1v) is 6.10. The molecule has 0 amide bonds. The van der Waals surface area contributed by atoms with Crippen LogP contribution in [0.3, 0.4) is 0 Å². The summed E-state index contributed by atoms with van der Waals surface area (Å²) < 4.78 is 18.1. The van der Waals surface area contributed by atoms with Gasteiger partial charge in [-0.15, -0.1) is 0 Å². The van der Waals surface area contributed by atoms with Gasteiger partial charge in [0.25, 0.3) is 0 Å². The minimum atomic E-state index is -0.378. The molecule has 0 atom stereocenters. The Hall–Kier alpha value is -2.37. The molecule has 1 aromatic heterocycles. The second kappa shape index (κ2) is 5.73. The van der Waals surface area contributed by atoms with E-state index in [-0.39, 0.29) is 18.3 Å². The SMILES string of the molecule is CNc1cnc(N(C)CC(=O)OC)c2cc(F)ccc12. The average molecular weight is 277 g/mol. The number of hydrogen-bond donors (Lipinski definition) is 1. The third-order valence-electron chi connectivity index (χ3n) is 3.05. The van der Waals surface area contributed by atoms with Crippen molar-refractivity contribution >= 4 is 28.2 Å². The Morgan fingerprint density at radius 3 is 2.85 bits per heavy atom. The molecule has 0 aliphatic rings. The predicted octanol–water partition coefficient (Wildman–Crippen LogP) is 2.02. The third-order valence-corrected chi connectivity index (χ3v) is 3.05. The number of hydrogen-bond acceptors (Lipinski definition) is 5. The Kier molecular flexibility index (Phi) is 4.02. The molecule has 0 bridgehead atoms. The predicted molar refractivity (Wildman–Crippen MR) is 76.5 cm³/mol. The maximum Gasteiger partial charge on any atom is 0.325 e. The van der Waals surface area contributed by atoms with E-state index in [1.165, 1.54) is 19.2 Å². The van der Waals surface area contributed by atoms with E-state index in [0.29, 0.717) is 11.2 Å². The maximum absolute atomic E-state index is 13.5. The molecule has 1 aromatic carbocycles. The van der Waals surface area contributed by atoms with Crippen molar-refractivity contribution in [1.29, 1.82) is 0 Å². The van der Waals surface area contributed by atoms with Gasteiger partial charge in [-0.2, -0.15) is 0 Å². The Morgan fingerprint density at radius 1 is 1.45 bits per heavy atom. The number of likely N-dealkylation sites (N-methyl/N-ethyl adjacent to an activating group) is 1. The summed E-state index contributed by atoms with van der Waals surface area (Å²) in [6.45, 7) is 0.0496. The molecule has 0 aliphatic heterocycles. The topological polar surface area (TPSA) is 54.5 Å². The summed E-state index contributed by atoms with van der Waals surface area (Å²) in [4.78, 5) is 17.3. The lowest BCUT2D eigenvalue weighted by Crippen LogP contribution is -2.27. The van der Waals surface area contributed by atoms with Gasteiger partial charge in [0.05, 0.1) is 19.0 Å². The van der Waals surface area contributed by atoms with Crippen molar-refractivity contribution in [3.8, 4) is 0 Å². The quantitative estimate of drug-likeness (QED) is 0.867. The van der Waals surface area contributed by atoms with E-state index in [1.807, 2.05) is 0 Å². The van der Waals surface area contributed by atoms with Gasteiger partial charge in [-0.25, -0.2) is 9.37 Å². The van der Waals surface area contributed by atoms with Crippen molar-refractivity contribution in [3.63, 3.8) is 0 Å². The molecule has 2 rings (SSSR count). The number of anilines is 2. The van der Waals surface area contributed by atoms with Gasteiger partial charge in [0.2, 0.25) is 0 Å². The fourth-order valence-electron chi connectivity index (χ4n) is 2.04. The van der Waals surface area contributed by atoms with Crippen LogP contribution >= 0.6 is 0 Å². The minimum absolute atomic E-state index is 0.0496. The fraction of sp³-hybridized carbons (Fsp3) is 0.286. The van der Waals surface area contributed by atoms with E-state index in [2.05, 4.69) is 15.0 Å². The summed E-state index contributed by atoms with van der Waals surface area (Å²) in [5.74, 6) is -0.194. The summed E-state index contributed by atoms with van der Waals surface area (Å²) in [7, 11) is 4.81. The monoisotopic (exact) mass is 277 g/mol. The molecular weight excluding hydrogens is 261 g/mol. The van der Waals surface area contributed by atoms with Crippen LogP contribution in [0.25, 0.3) is 10.8 Å². The molecule has 0 saturated heterocycles. The van der Waals surface area contributed by atoms with Gasteiger partial charge in [0, 0.05) is 24.9 Å². The smallest absolute Gasteiger partial charge is 0.325 e. The molecule has 106 valence electrons. The van der Waals surface area contributed by atoms with Crippen LogP contribution in [0.4, 0.5) is 15.9 Å². The molecule has 0 aliphatic carbocycles. The number of benzene rings is 1. The van der Waals surface area contributed by atoms with Crippen molar-refractivity contribution in [2.45, 2.75) is 0 Å². The zero-order chi connectivity index (χ0) is 14.7. The molecule has 20 heavy (non-hydrogen) atoms. The molecule has 0 fully saturated rings. The summed E-state index contributed by atoms with van der Waals surface area (Å²) in [6.07, 6.45) is 1.66. The standard InChI is InChI=1S/C14H16FN3O2/c1-16-12-7-17-14(18(2)8-13(19)20-3)11-6-9(15)4-5-10(11)12/h4-7,16H,8H2,1-3H3. The zero-order valence-corrected chi connectivity index (χ0v) is 11.6. The number of pyridine rings is 1. The maximum atomic E-state index is 13.5. The van der Waals surface area contributed by atoms with Gasteiger partial charge in [-0.05, 0) is 18.2 Å². The molecule has 0 unspecified atom stereocenters. The highest BCUT2D eigenvalue weighted by Gasteiger charge is 2.14. The number of carbonyl (C=O) groups is 1. The zero-order valence-electron chi connectivity index (χ0n) is 11.6. The number of aromatic nitrogens is 1. The van der Waals surface area contributed by atoms with E-state index < -0.39 is 0 Å². The lowest BCUT2D eigenvalue weighted by Gasteiger charge is -2.19. The first-order chi connectivity index (χ1) is 9.56. The van der Waals surface area contributed by atoms with Crippen molar-refractivity contribution in [3.05, 3.63) is 30.2 Å². The van der Waals surface area contributed by atoms with E-state index in [9.17, 15) is 9.18 Å². The molecule has 2 aromatic rings. The molecule has 1 heterocycles. The number of ether oxygens (including phenoxy) is 1. The molecule has 5 nitrogen and oxygen atoms in total. The first-order valence-electron chi connectivity index (χ1n) is 6.10. The minimum Gasteiger partial charge on any atom is -0.468 e. The number of halogens is 1. The van der Waals surface area contributed by atoms with Crippen LogP contribution in [0.2, 0.25) is 0 Å². The van der Waals surface area contributed by atoms with Crippen LogP contribution in [-0.2, 0) is 9.53 Å². The fourth-order valence-corrected chi connectivity index (χ4v) is 2.04. The van der Waals surface area contributed by atoms with E-state index in [4.69, 9.17) is 0 Å². The summed E-state index contributed by atoms with van der Waals surface area (Å²) in [5.41, 5.74) is 0.801. The number of methoxy groups -OCH3 is 1. The Balaban J connectivity index is 2.53. The van der Waals surface area contributed by atoms with Crippen LogP contribution in [-0.4, -0.2) is 38.7 Å². The molecule has 0 spiro atoms. The molecule has 0 radical (unpaired) electrons. The highest BCUT2D eigenvalue weighted by Crippen LogP contribution is 2.30. The number of esters is 1. The third kappa shape index (κ3) is 2.64. The van der Waals surface area contributed by atoms with Crippen LogP contribution in [0.1, 0.15) is 0 Å². The highest BCUT2D eigenvalue weighted by molar-refractivity contribution is 6.00. The summed E-state index contributed by atoms with van der Waals surface area (Å²) >= 11 is 0. The van der Waals surface area contributed by atoms with Crippen molar-refractivity contribution in [1.82, 2.24) is 4.98 Å². The average Bonchev–Trinajstić information content (AvgIpc) is 2.45. The second-order valence-electron chi connectivity index (χ2n) is 4.37. The van der Waals surface area contributed by atoms with Gasteiger partial charge in [0.1, 0.15) is 18.2 Å². The van der Waals surface area contributed by atoms with Crippen LogP contribution in [0.15, 0.2) is 24.4 Å². The van der Waals surface area contributed by atoms with Crippen LogP contribution in [0.5, 0.6) is 0 Å². The van der Waals surface area contributed by atoms with Gasteiger partial charge in [-0.1, -0.05) is 0 Å². The Morgan fingerprint density at radius 2 is 2.20 bits per heavy atom. The molecular formula is C14H16FN3O2. The van der Waals surface area contributed by atoms with Gasteiger partial charge in [0.15, 0.2) is 0 Å². The number of nitrogens with one attached hydrogen (secondary N) is 1. The molecule has 0 saturated carbocycles. The van der Waals surface area contributed by atoms with Crippen molar-refractivity contribution < 1.29 is 13.9 Å². The second-order valence-corrected chi connectivity index (χ2v) is 4.37. The van der Waals surface area contributed by atoms with E-state index >= 15 is 0 Å². The first kappa shape index (κ1) is 14.0. The van der Waals surface area contributed by atoms with E-state index in [0.717, 1.165) is 11.1 Å². The normalized spacial score (nSPS) is 10.4. The van der Waals surface area contributed by atoms with E-state index in [1.54, 1.807) is 31.3 Å². The van der Waals surface area contributed by atoms with Crippen molar-refractivity contribution in [2.24, 2.45) is 0 Å². The van der Waals surface area contributed by atoms with Gasteiger partial charge >= 0.3 is 5.97 Å². The largest absolute Gasteiger partial charge is 0.468 e. The summed E-state index contributed by atoms with van der Waals surface area (Å²) in [5, 5.41) is 4.50. The number of nitrogens with zero attached hydrogens (tertiary/aromatic N) is 2. The van der Waals surface area contributed by atoms with Gasteiger partial charge < -0.3 is 15.0 Å². The lowest BCUT2D eigenvalue weighted by atomic mass is 10.1. The number of rotatable bonds is 4. The van der Waals surface area contributed by atoms with Crippen molar-refractivity contribution in [2.75, 3.05) is 38.0 Å². The molecule has 6 heteroatoms. The highest BCUT2D eigenvalue weighted by atomic mass is 19.1.